The fourth-order valence-electron chi connectivity index (χ4n) is 3.05. The Bertz CT molecular complexity index is 159. The van der Waals surface area contributed by atoms with Gasteiger partial charge in [-0.25, -0.2) is 0 Å². The maximum absolute atomic E-state index is 2.43. The smallest absolute Gasteiger partial charge is 0.0295 e. The van der Waals surface area contributed by atoms with Gasteiger partial charge < -0.3 is 0 Å². The molecule has 0 heteroatoms. The lowest BCUT2D eigenvalue weighted by atomic mass is 9.69. The van der Waals surface area contributed by atoms with Gasteiger partial charge in [-0.15, -0.1) is 0 Å². The van der Waals surface area contributed by atoms with Crippen molar-refractivity contribution in [3.05, 3.63) is 0 Å². The Morgan fingerprint density at radius 2 is 1.56 bits per heavy atom. The number of hydrogen-bond donors (Lipinski definition) is 0. The van der Waals surface area contributed by atoms with E-state index in [-0.39, 0.29) is 0 Å². The largest absolute Gasteiger partial charge is 0.0654 e. The molecule has 0 N–H and O–H groups in total. The van der Waals surface area contributed by atoms with E-state index >= 15 is 0 Å². The van der Waals surface area contributed by atoms with Crippen molar-refractivity contribution in [2.45, 2.75) is 86.5 Å². The topological polar surface area (TPSA) is 0 Å². The molecule has 98 valence electrons. The van der Waals surface area contributed by atoms with Crippen LogP contribution in [-0.4, -0.2) is 0 Å². The van der Waals surface area contributed by atoms with E-state index in [2.05, 4.69) is 41.5 Å². The van der Waals surface area contributed by atoms with Gasteiger partial charge in [0.25, 0.3) is 0 Å². The highest BCUT2D eigenvalue weighted by atomic mass is 14.3. The summed E-state index contributed by atoms with van der Waals surface area (Å²) in [6.07, 6.45) is 9.79. The Morgan fingerprint density at radius 1 is 0.938 bits per heavy atom. The molecule has 0 heterocycles. The second-order valence-electron chi connectivity index (χ2n) is 6.27. The summed E-state index contributed by atoms with van der Waals surface area (Å²) in [5.41, 5.74) is 0.638. The lowest BCUT2D eigenvalue weighted by Crippen LogP contribution is -2.25. The third kappa shape index (κ3) is 5.92. The summed E-state index contributed by atoms with van der Waals surface area (Å²) in [5.74, 6) is 1.75. The predicted octanol–water partition coefficient (Wildman–Crippen LogP) is 6.06. The Balaban J connectivity index is 4.52. The van der Waals surface area contributed by atoms with E-state index in [0.717, 1.165) is 11.8 Å². The monoisotopic (exact) mass is 226 g/mol. The fourth-order valence-corrected chi connectivity index (χ4v) is 3.05. The van der Waals surface area contributed by atoms with Crippen LogP contribution in [0.3, 0.4) is 0 Å². The zero-order valence-corrected chi connectivity index (χ0v) is 12.6. The van der Waals surface area contributed by atoms with Gasteiger partial charge in [-0.05, 0) is 36.5 Å². The molecule has 0 aromatic carbocycles. The molecule has 0 rings (SSSR count). The molecule has 2 unspecified atom stereocenters. The Hall–Kier alpha value is 0. The van der Waals surface area contributed by atoms with E-state index in [4.69, 9.17) is 0 Å². The average Bonchev–Trinajstić information content (AvgIpc) is 2.25. The van der Waals surface area contributed by atoms with Crippen LogP contribution in [0.5, 0.6) is 0 Å². The second kappa shape index (κ2) is 8.14. The van der Waals surface area contributed by atoms with Gasteiger partial charge in [-0.3, -0.25) is 0 Å². The van der Waals surface area contributed by atoms with Crippen molar-refractivity contribution in [1.29, 1.82) is 0 Å². The molecule has 0 aromatic heterocycles. The zero-order chi connectivity index (χ0) is 12.6. The number of hydrogen-bond acceptors (Lipinski definition) is 0. The van der Waals surface area contributed by atoms with Crippen molar-refractivity contribution >= 4 is 0 Å². The Morgan fingerprint density at radius 3 is 1.94 bits per heavy atom. The molecule has 0 aliphatic rings. The molecule has 0 fully saturated rings. The van der Waals surface area contributed by atoms with Crippen LogP contribution in [0.2, 0.25) is 0 Å². The van der Waals surface area contributed by atoms with Crippen LogP contribution >= 0.6 is 0 Å². The van der Waals surface area contributed by atoms with Gasteiger partial charge >= 0.3 is 0 Å². The highest BCUT2D eigenvalue weighted by Crippen LogP contribution is 2.42. The third-order valence-electron chi connectivity index (χ3n) is 4.13. The zero-order valence-electron chi connectivity index (χ0n) is 12.6. The maximum atomic E-state index is 2.43. The van der Waals surface area contributed by atoms with Crippen LogP contribution < -0.4 is 0 Å². The highest BCUT2D eigenvalue weighted by molar-refractivity contribution is 4.81. The van der Waals surface area contributed by atoms with Crippen molar-refractivity contribution < 1.29 is 0 Å². The lowest BCUT2D eigenvalue weighted by molar-refractivity contribution is 0.146. The van der Waals surface area contributed by atoms with Crippen molar-refractivity contribution in [2.75, 3.05) is 0 Å². The molecule has 0 spiro atoms. The van der Waals surface area contributed by atoms with Crippen LogP contribution in [0.1, 0.15) is 86.5 Å². The van der Waals surface area contributed by atoms with Crippen molar-refractivity contribution in [3.8, 4) is 0 Å². The second-order valence-corrected chi connectivity index (χ2v) is 6.27. The van der Waals surface area contributed by atoms with E-state index in [1.165, 1.54) is 44.9 Å². The lowest BCUT2D eigenvalue weighted by Gasteiger charge is -2.37. The molecular formula is C16H34. The first-order valence-electron chi connectivity index (χ1n) is 7.49. The summed E-state index contributed by atoms with van der Waals surface area (Å²) >= 11 is 0. The summed E-state index contributed by atoms with van der Waals surface area (Å²) in [4.78, 5) is 0. The van der Waals surface area contributed by atoms with Crippen LogP contribution in [0, 0.1) is 17.3 Å². The van der Waals surface area contributed by atoms with Crippen molar-refractivity contribution in [3.63, 3.8) is 0 Å². The first-order valence-corrected chi connectivity index (χ1v) is 7.49. The van der Waals surface area contributed by atoms with Crippen molar-refractivity contribution in [2.24, 2.45) is 17.3 Å². The summed E-state index contributed by atoms with van der Waals surface area (Å²) < 4.78 is 0. The van der Waals surface area contributed by atoms with Gasteiger partial charge in [0, 0.05) is 0 Å². The molecule has 0 aromatic rings. The quantitative estimate of drug-likeness (QED) is 0.448. The molecule has 0 nitrogen and oxygen atoms in total. The van der Waals surface area contributed by atoms with E-state index in [0.29, 0.717) is 5.41 Å². The van der Waals surface area contributed by atoms with Gasteiger partial charge in [-0.2, -0.15) is 0 Å². The number of rotatable bonds is 9. The van der Waals surface area contributed by atoms with E-state index < -0.39 is 0 Å². The Labute approximate surface area is 104 Å². The van der Waals surface area contributed by atoms with Crippen LogP contribution in [-0.2, 0) is 0 Å². The normalized spacial score (nSPS) is 17.4. The van der Waals surface area contributed by atoms with Gasteiger partial charge in [0.2, 0.25) is 0 Å². The Kier molecular flexibility index (Phi) is 8.14. The standard InChI is InChI=1S/C16H34/c1-7-10-11-16(9-3,12-14(4)5)13-15(6)8-2/h14-15H,7-13H2,1-6H3. The first-order chi connectivity index (χ1) is 7.49. The average molecular weight is 226 g/mol. The molecule has 0 aliphatic heterocycles. The first kappa shape index (κ1) is 16.0. The fraction of sp³-hybridized carbons (Fsp3) is 1.00. The van der Waals surface area contributed by atoms with E-state index in [1.54, 1.807) is 0 Å². The third-order valence-corrected chi connectivity index (χ3v) is 4.13. The molecule has 0 bridgehead atoms. The molecule has 16 heavy (non-hydrogen) atoms. The van der Waals surface area contributed by atoms with Gasteiger partial charge in [-0.1, -0.05) is 67.2 Å². The SMILES string of the molecule is CCCCC(CC)(CC(C)C)CC(C)CC. The van der Waals surface area contributed by atoms with Gasteiger partial charge in [0.05, 0.1) is 0 Å². The summed E-state index contributed by atoms with van der Waals surface area (Å²) in [7, 11) is 0. The van der Waals surface area contributed by atoms with Crippen LogP contribution in [0.25, 0.3) is 0 Å². The summed E-state index contributed by atoms with van der Waals surface area (Å²) in [5, 5.41) is 0. The molecule has 2 atom stereocenters. The molecule has 0 saturated heterocycles. The van der Waals surface area contributed by atoms with Crippen LogP contribution in [0.15, 0.2) is 0 Å². The predicted molar refractivity (Wildman–Crippen MR) is 75.8 cm³/mol. The van der Waals surface area contributed by atoms with Crippen LogP contribution in [0.4, 0.5) is 0 Å². The minimum absolute atomic E-state index is 0.638. The van der Waals surface area contributed by atoms with E-state index in [9.17, 15) is 0 Å². The maximum Gasteiger partial charge on any atom is -0.0295 e. The van der Waals surface area contributed by atoms with Gasteiger partial charge in [0.1, 0.15) is 0 Å². The summed E-state index contributed by atoms with van der Waals surface area (Å²) in [6.45, 7) is 14.2. The van der Waals surface area contributed by atoms with E-state index in [1.807, 2.05) is 0 Å². The summed E-state index contributed by atoms with van der Waals surface area (Å²) in [6, 6.07) is 0. The minimum atomic E-state index is 0.638. The molecular weight excluding hydrogens is 192 g/mol. The number of unbranched alkanes of at least 4 members (excludes halogenated alkanes) is 1. The van der Waals surface area contributed by atoms with Crippen molar-refractivity contribution in [1.82, 2.24) is 0 Å². The molecule has 0 radical (unpaired) electrons. The molecule has 0 saturated carbocycles. The molecule has 0 amide bonds. The van der Waals surface area contributed by atoms with Gasteiger partial charge in [0.15, 0.2) is 0 Å². The minimum Gasteiger partial charge on any atom is -0.0654 e. The highest BCUT2D eigenvalue weighted by Gasteiger charge is 2.29. The molecule has 0 aliphatic carbocycles.